The zero-order valence-corrected chi connectivity index (χ0v) is 18.0. The van der Waals surface area contributed by atoms with Crippen molar-refractivity contribution >= 4 is 15.9 Å². The van der Waals surface area contributed by atoms with Crippen molar-refractivity contribution in [2.24, 2.45) is 0 Å². The van der Waals surface area contributed by atoms with E-state index in [9.17, 15) is 13.2 Å². The molecule has 0 aliphatic rings. The van der Waals surface area contributed by atoms with Crippen LogP contribution in [0.4, 0.5) is 0 Å². The lowest BCUT2D eigenvalue weighted by atomic mass is 10.1. The summed E-state index contributed by atoms with van der Waals surface area (Å²) < 4.78 is 37.7. The molecule has 3 aromatic rings. The molecule has 1 heterocycles. The third kappa shape index (κ3) is 5.62. The van der Waals surface area contributed by atoms with E-state index in [1.165, 1.54) is 29.6 Å². The first-order chi connectivity index (χ1) is 14.9. The van der Waals surface area contributed by atoms with Crippen LogP contribution in [0.2, 0.25) is 0 Å². The van der Waals surface area contributed by atoms with Gasteiger partial charge >= 0.3 is 0 Å². The fourth-order valence-corrected chi connectivity index (χ4v) is 4.34. The van der Waals surface area contributed by atoms with Crippen LogP contribution in [0.25, 0.3) is 0 Å². The van der Waals surface area contributed by atoms with E-state index >= 15 is 0 Å². The number of methoxy groups -OCH3 is 1. The van der Waals surface area contributed by atoms with Gasteiger partial charge in [0.15, 0.2) is 0 Å². The zero-order chi connectivity index (χ0) is 22.3. The lowest BCUT2D eigenvalue weighted by Gasteiger charge is -2.21. The van der Waals surface area contributed by atoms with Crippen molar-refractivity contribution in [3.8, 4) is 5.75 Å². The number of furan rings is 1. The predicted octanol–water partition coefficient (Wildman–Crippen LogP) is 3.60. The van der Waals surface area contributed by atoms with Gasteiger partial charge in [-0.25, -0.2) is 8.42 Å². The molecule has 0 aliphatic carbocycles. The van der Waals surface area contributed by atoms with E-state index in [-0.39, 0.29) is 23.9 Å². The number of hydrogen-bond acceptors (Lipinski definition) is 5. The Kier molecular flexibility index (Phi) is 7.28. The monoisotopic (exact) mass is 440 g/mol. The molecule has 0 unspecified atom stereocenters. The van der Waals surface area contributed by atoms with Crippen molar-refractivity contribution < 1.29 is 22.4 Å². The van der Waals surface area contributed by atoms with Crippen molar-refractivity contribution in [1.82, 2.24) is 9.62 Å². The molecule has 3 rings (SSSR count). The Labute approximate surface area is 182 Å². The van der Waals surface area contributed by atoms with Gasteiger partial charge in [0.25, 0.3) is 5.91 Å². The highest BCUT2D eigenvalue weighted by Crippen LogP contribution is 2.21. The quantitative estimate of drug-likeness (QED) is 0.487. The maximum atomic E-state index is 13.1. The lowest BCUT2D eigenvalue weighted by molar-refractivity contribution is 0.0948. The van der Waals surface area contributed by atoms with Gasteiger partial charge in [-0.15, -0.1) is 6.58 Å². The van der Waals surface area contributed by atoms with Crippen LogP contribution in [0.3, 0.4) is 0 Å². The Hall–Kier alpha value is -3.36. The van der Waals surface area contributed by atoms with Gasteiger partial charge in [0.2, 0.25) is 10.0 Å². The molecule has 0 radical (unpaired) electrons. The summed E-state index contributed by atoms with van der Waals surface area (Å²) in [6.07, 6.45) is 3.09. The third-order valence-electron chi connectivity index (χ3n) is 4.61. The summed E-state index contributed by atoms with van der Waals surface area (Å²) in [5.41, 5.74) is 1.23. The van der Waals surface area contributed by atoms with Crippen LogP contribution >= 0.6 is 0 Å². The fourth-order valence-electron chi connectivity index (χ4n) is 2.94. The predicted molar refractivity (Wildman–Crippen MR) is 117 cm³/mol. The SMILES string of the molecule is C=CCN(Cc1ccc(C(=O)NCc2ccco2)cc1)S(=O)(=O)c1ccc(OC)cc1. The van der Waals surface area contributed by atoms with Gasteiger partial charge in [-0.1, -0.05) is 18.2 Å². The summed E-state index contributed by atoms with van der Waals surface area (Å²) in [6.45, 7) is 4.26. The number of amides is 1. The second kappa shape index (κ2) is 10.1. The molecular formula is C23H24N2O5S. The van der Waals surface area contributed by atoms with Crippen molar-refractivity contribution in [1.29, 1.82) is 0 Å². The Morgan fingerprint density at radius 1 is 1.13 bits per heavy atom. The maximum Gasteiger partial charge on any atom is 0.251 e. The average molecular weight is 441 g/mol. The summed E-state index contributed by atoms with van der Waals surface area (Å²) in [5.74, 6) is 1.00. The molecule has 0 aliphatic heterocycles. The van der Waals surface area contributed by atoms with E-state index < -0.39 is 10.0 Å². The number of nitrogens with zero attached hydrogens (tertiary/aromatic N) is 1. The molecule has 1 N–H and O–H groups in total. The standard InChI is InChI=1S/C23H24N2O5S/c1-3-14-25(31(27,28)22-12-10-20(29-2)11-13-22)17-18-6-8-19(9-7-18)23(26)24-16-21-5-4-15-30-21/h3-13,15H,1,14,16-17H2,2H3,(H,24,26). The topological polar surface area (TPSA) is 88.9 Å². The molecule has 0 fully saturated rings. The molecule has 1 aromatic heterocycles. The first-order valence-corrected chi connectivity index (χ1v) is 11.0. The first-order valence-electron chi connectivity index (χ1n) is 9.58. The lowest BCUT2D eigenvalue weighted by Crippen LogP contribution is -2.31. The van der Waals surface area contributed by atoms with E-state index in [2.05, 4.69) is 11.9 Å². The smallest absolute Gasteiger partial charge is 0.251 e. The van der Waals surface area contributed by atoms with E-state index in [0.717, 1.165) is 5.56 Å². The van der Waals surface area contributed by atoms with Crippen LogP contribution in [0.1, 0.15) is 21.7 Å². The van der Waals surface area contributed by atoms with Crippen LogP contribution in [0, 0.1) is 0 Å². The Morgan fingerprint density at radius 3 is 2.42 bits per heavy atom. The molecule has 31 heavy (non-hydrogen) atoms. The van der Waals surface area contributed by atoms with Crippen LogP contribution in [0.5, 0.6) is 5.75 Å². The molecule has 1 amide bonds. The number of benzene rings is 2. The van der Waals surface area contributed by atoms with E-state index in [4.69, 9.17) is 9.15 Å². The van der Waals surface area contributed by atoms with Gasteiger partial charge in [-0.2, -0.15) is 4.31 Å². The van der Waals surface area contributed by atoms with Crippen LogP contribution in [-0.2, 0) is 23.1 Å². The highest BCUT2D eigenvalue weighted by atomic mass is 32.2. The summed E-state index contributed by atoms with van der Waals surface area (Å²) >= 11 is 0. The molecule has 0 saturated carbocycles. The van der Waals surface area contributed by atoms with Gasteiger partial charge in [0.05, 0.1) is 24.8 Å². The van der Waals surface area contributed by atoms with E-state index in [1.807, 2.05) is 0 Å². The molecule has 0 atom stereocenters. The Bertz CT molecular complexity index is 1110. The normalized spacial score (nSPS) is 11.3. The zero-order valence-electron chi connectivity index (χ0n) is 17.2. The second-order valence-corrected chi connectivity index (χ2v) is 8.66. The number of carbonyl (C=O) groups excluding carboxylic acids is 1. The molecule has 0 bridgehead atoms. The Balaban J connectivity index is 1.70. The average Bonchev–Trinajstić information content (AvgIpc) is 3.31. The number of sulfonamides is 1. The van der Waals surface area contributed by atoms with Gasteiger partial charge < -0.3 is 14.5 Å². The summed E-state index contributed by atoms with van der Waals surface area (Å²) in [4.78, 5) is 12.5. The number of nitrogens with one attached hydrogen (secondary N) is 1. The Morgan fingerprint density at radius 2 is 1.84 bits per heavy atom. The van der Waals surface area contributed by atoms with Gasteiger partial charge in [-0.3, -0.25) is 4.79 Å². The van der Waals surface area contributed by atoms with Gasteiger partial charge in [0.1, 0.15) is 11.5 Å². The molecule has 0 spiro atoms. The van der Waals surface area contributed by atoms with Crippen LogP contribution < -0.4 is 10.1 Å². The highest BCUT2D eigenvalue weighted by Gasteiger charge is 2.24. The van der Waals surface area contributed by atoms with Gasteiger partial charge in [-0.05, 0) is 54.1 Å². The largest absolute Gasteiger partial charge is 0.497 e. The minimum absolute atomic E-state index is 0.147. The molecule has 0 saturated heterocycles. The fraction of sp³-hybridized carbons (Fsp3) is 0.174. The minimum atomic E-state index is -3.73. The van der Waals surface area contributed by atoms with Crippen molar-refractivity contribution in [2.75, 3.05) is 13.7 Å². The molecule has 8 heteroatoms. The minimum Gasteiger partial charge on any atom is -0.497 e. The van der Waals surface area contributed by atoms with Crippen LogP contribution in [0.15, 0.2) is 88.9 Å². The van der Waals surface area contributed by atoms with Crippen molar-refractivity contribution in [3.63, 3.8) is 0 Å². The number of hydrogen-bond donors (Lipinski definition) is 1. The number of rotatable bonds is 10. The number of ether oxygens (including phenoxy) is 1. The molecule has 2 aromatic carbocycles. The van der Waals surface area contributed by atoms with Crippen molar-refractivity contribution in [3.05, 3.63) is 96.5 Å². The first kappa shape index (κ1) is 22.3. The van der Waals surface area contributed by atoms with Gasteiger partial charge in [0, 0.05) is 18.7 Å². The summed E-state index contributed by atoms with van der Waals surface area (Å²) in [6, 6.07) is 16.6. The van der Waals surface area contributed by atoms with Crippen LogP contribution in [-0.4, -0.2) is 32.3 Å². The number of carbonyl (C=O) groups is 1. The molecule has 7 nitrogen and oxygen atoms in total. The highest BCUT2D eigenvalue weighted by molar-refractivity contribution is 7.89. The molecule has 162 valence electrons. The second-order valence-electron chi connectivity index (χ2n) is 6.72. The van der Waals surface area contributed by atoms with E-state index in [1.54, 1.807) is 54.8 Å². The summed E-state index contributed by atoms with van der Waals surface area (Å²) in [7, 11) is -2.21. The van der Waals surface area contributed by atoms with E-state index in [0.29, 0.717) is 23.6 Å². The van der Waals surface area contributed by atoms with Crippen molar-refractivity contribution in [2.45, 2.75) is 18.0 Å². The molecular weight excluding hydrogens is 416 g/mol. The third-order valence-corrected chi connectivity index (χ3v) is 6.43. The maximum absolute atomic E-state index is 13.1. The summed E-state index contributed by atoms with van der Waals surface area (Å²) in [5, 5.41) is 2.77.